The number of rotatable bonds is 4. The van der Waals surface area contributed by atoms with E-state index in [1.807, 2.05) is 42.5 Å². The highest BCUT2D eigenvalue weighted by Gasteiger charge is 2.26. The standard InChI is InChI=1S/C21H27N.C17H16ClN3O.ClH/c1-16(15-22(2)3)14-21-19-10-6-4-8-17(19)12-13-18-9-5-7-11-20(18)21;18-12-5-6-15-13(11-12)17(21-9-7-19-8-10-21)20-14-3-1-2-4-16(14)22-15;/h4-11,16,21H,12-15H2,1-3H3;1-6,11,19H,7-10H2;1H. The number of benzene rings is 4. The van der Waals surface area contributed by atoms with Gasteiger partial charge in [0.15, 0.2) is 5.75 Å². The van der Waals surface area contributed by atoms with Crippen LogP contribution in [0.25, 0.3) is 0 Å². The van der Waals surface area contributed by atoms with Crippen molar-refractivity contribution in [2.75, 3.05) is 46.8 Å². The number of aliphatic imine (C=N–C) groups is 1. The molecule has 5 nitrogen and oxygen atoms in total. The van der Waals surface area contributed by atoms with Crippen LogP contribution in [0.1, 0.15) is 47.1 Å². The van der Waals surface area contributed by atoms with Gasteiger partial charge in [0.25, 0.3) is 0 Å². The Morgan fingerprint density at radius 1 is 0.867 bits per heavy atom. The lowest BCUT2D eigenvalue weighted by atomic mass is 9.82. The average molecular weight is 644 g/mol. The second-order valence-corrected chi connectivity index (χ2v) is 12.9. The highest BCUT2D eigenvalue weighted by Crippen LogP contribution is 2.40. The van der Waals surface area contributed by atoms with Crippen molar-refractivity contribution in [1.29, 1.82) is 0 Å². The van der Waals surface area contributed by atoms with E-state index in [-0.39, 0.29) is 12.4 Å². The summed E-state index contributed by atoms with van der Waals surface area (Å²) in [7, 11) is 4.34. The van der Waals surface area contributed by atoms with Crippen LogP contribution in [0, 0.1) is 5.92 Å². The summed E-state index contributed by atoms with van der Waals surface area (Å²) in [6.07, 6.45) is 3.57. The molecule has 4 aromatic rings. The second-order valence-electron chi connectivity index (χ2n) is 12.4. The van der Waals surface area contributed by atoms with Crippen LogP contribution in [0.15, 0.2) is 96.0 Å². The van der Waals surface area contributed by atoms with Gasteiger partial charge in [-0.05, 0) is 91.9 Å². The van der Waals surface area contributed by atoms with Crippen LogP contribution in [0.2, 0.25) is 5.02 Å². The van der Waals surface area contributed by atoms with Crippen molar-refractivity contribution < 1.29 is 4.74 Å². The topological polar surface area (TPSA) is 40.1 Å². The van der Waals surface area contributed by atoms with E-state index in [1.54, 1.807) is 22.3 Å². The second kappa shape index (κ2) is 15.3. The van der Waals surface area contributed by atoms with Gasteiger partial charge in [0.05, 0.1) is 5.56 Å². The fourth-order valence-corrected chi connectivity index (χ4v) is 6.98. The number of halogens is 2. The first-order valence-electron chi connectivity index (χ1n) is 15.9. The number of ether oxygens (including phenoxy) is 1. The molecule has 1 unspecified atom stereocenters. The molecule has 0 bridgehead atoms. The molecule has 2 aliphatic heterocycles. The molecule has 1 atom stereocenters. The van der Waals surface area contributed by atoms with Crippen LogP contribution in [-0.2, 0) is 12.8 Å². The van der Waals surface area contributed by atoms with Crippen molar-refractivity contribution in [2.24, 2.45) is 10.9 Å². The highest BCUT2D eigenvalue weighted by molar-refractivity contribution is 6.31. The Hall–Kier alpha value is -3.35. The molecule has 0 radical (unpaired) electrons. The normalized spacial score (nSPS) is 16.1. The third-order valence-electron chi connectivity index (χ3n) is 8.75. The molecule has 236 valence electrons. The zero-order valence-corrected chi connectivity index (χ0v) is 28.1. The summed E-state index contributed by atoms with van der Waals surface area (Å²) >= 11 is 6.20. The maximum Gasteiger partial charge on any atom is 0.153 e. The van der Waals surface area contributed by atoms with Crippen LogP contribution < -0.4 is 10.1 Å². The van der Waals surface area contributed by atoms with Gasteiger partial charge in [0.2, 0.25) is 0 Å². The maximum absolute atomic E-state index is 6.20. The van der Waals surface area contributed by atoms with E-state index in [0.29, 0.717) is 16.9 Å². The molecule has 0 saturated carbocycles. The predicted octanol–water partition coefficient (Wildman–Crippen LogP) is 8.36. The summed E-state index contributed by atoms with van der Waals surface area (Å²) in [6, 6.07) is 31.7. The third kappa shape index (κ3) is 7.90. The Kier molecular flexibility index (Phi) is 11.2. The zero-order valence-electron chi connectivity index (χ0n) is 26.5. The van der Waals surface area contributed by atoms with Gasteiger partial charge in [-0.3, -0.25) is 0 Å². The minimum atomic E-state index is 0. The summed E-state index contributed by atoms with van der Waals surface area (Å²) in [5, 5.41) is 4.06. The number of para-hydroxylation sites is 2. The van der Waals surface area contributed by atoms with Crippen LogP contribution in [0.4, 0.5) is 5.69 Å². The van der Waals surface area contributed by atoms with E-state index >= 15 is 0 Å². The number of nitrogens with one attached hydrogen (secondary N) is 1. The van der Waals surface area contributed by atoms with Gasteiger partial charge in [-0.25, -0.2) is 4.99 Å². The molecule has 0 amide bonds. The molecule has 1 saturated heterocycles. The van der Waals surface area contributed by atoms with Crippen molar-refractivity contribution >= 4 is 35.5 Å². The van der Waals surface area contributed by atoms with Gasteiger partial charge in [-0.15, -0.1) is 12.4 Å². The molecular formula is C38H44Cl2N4O. The minimum absolute atomic E-state index is 0. The largest absolute Gasteiger partial charge is 0.454 e. The highest BCUT2D eigenvalue weighted by atomic mass is 35.5. The first-order chi connectivity index (χ1) is 21.5. The Morgan fingerprint density at radius 2 is 1.49 bits per heavy atom. The number of hydrogen-bond donors (Lipinski definition) is 1. The number of hydrogen-bond acceptors (Lipinski definition) is 5. The Labute approximate surface area is 279 Å². The first-order valence-corrected chi connectivity index (χ1v) is 16.3. The van der Waals surface area contributed by atoms with E-state index in [4.69, 9.17) is 21.3 Å². The summed E-state index contributed by atoms with van der Waals surface area (Å²) in [4.78, 5) is 9.47. The van der Waals surface area contributed by atoms with Crippen molar-refractivity contribution in [1.82, 2.24) is 15.1 Å². The Bertz CT molecular complexity index is 1570. The molecule has 0 aromatic heterocycles. The molecule has 1 N–H and O–H groups in total. The number of piperazine rings is 1. The SMILES string of the molecule is CC(CC1c2ccccc2CCc2ccccc21)CN(C)C.Cl.Clc1ccc2c(c1)C(N1CCNCC1)=Nc1ccccc1O2. The quantitative estimate of drug-likeness (QED) is 0.243. The molecule has 7 rings (SSSR count). The molecule has 45 heavy (non-hydrogen) atoms. The number of amidine groups is 1. The molecule has 4 aromatic carbocycles. The lowest BCUT2D eigenvalue weighted by Gasteiger charge is -2.30. The Morgan fingerprint density at radius 3 is 2.16 bits per heavy atom. The van der Waals surface area contributed by atoms with Crippen molar-refractivity contribution in [3.8, 4) is 11.5 Å². The van der Waals surface area contributed by atoms with Gasteiger partial charge < -0.3 is 19.9 Å². The lowest BCUT2D eigenvalue weighted by molar-refractivity contribution is 0.321. The summed E-state index contributed by atoms with van der Waals surface area (Å²) < 4.78 is 6.06. The van der Waals surface area contributed by atoms with E-state index < -0.39 is 0 Å². The van der Waals surface area contributed by atoms with E-state index in [0.717, 1.165) is 61.3 Å². The first kappa shape index (κ1) is 33.0. The van der Waals surface area contributed by atoms with Crippen LogP contribution in [-0.4, -0.2) is 62.5 Å². The monoisotopic (exact) mass is 642 g/mol. The van der Waals surface area contributed by atoms with E-state index in [2.05, 4.69) is 84.7 Å². The van der Waals surface area contributed by atoms with Gasteiger partial charge in [-0.2, -0.15) is 0 Å². The minimum Gasteiger partial charge on any atom is -0.454 e. The van der Waals surface area contributed by atoms with Crippen molar-refractivity contribution in [2.45, 2.75) is 32.1 Å². The lowest BCUT2D eigenvalue weighted by Crippen LogP contribution is -2.46. The fourth-order valence-electron chi connectivity index (χ4n) is 6.81. The van der Waals surface area contributed by atoms with Gasteiger partial charge in [-0.1, -0.05) is 79.2 Å². The maximum atomic E-state index is 6.20. The third-order valence-corrected chi connectivity index (χ3v) is 8.99. The average Bonchev–Trinajstić information content (AvgIpc) is 3.30. The van der Waals surface area contributed by atoms with Gasteiger partial charge >= 0.3 is 0 Å². The predicted molar refractivity (Wildman–Crippen MR) is 190 cm³/mol. The summed E-state index contributed by atoms with van der Waals surface area (Å²) in [5.41, 5.74) is 7.99. The van der Waals surface area contributed by atoms with Crippen LogP contribution >= 0.6 is 24.0 Å². The summed E-state index contributed by atoms with van der Waals surface area (Å²) in [6.45, 7) is 7.30. The molecular weight excluding hydrogens is 599 g/mol. The summed E-state index contributed by atoms with van der Waals surface area (Å²) in [5.74, 6) is 3.75. The Balaban J connectivity index is 0.000000174. The molecule has 7 heteroatoms. The van der Waals surface area contributed by atoms with Crippen molar-refractivity contribution in [3.05, 3.63) is 124 Å². The zero-order chi connectivity index (χ0) is 30.5. The van der Waals surface area contributed by atoms with E-state index in [9.17, 15) is 0 Å². The number of nitrogens with zero attached hydrogens (tertiary/aromatic N) is 3. The van der Waals surface area contributed by atoms with Crippen LogP contribution in [0.5, 0.6) is 11.5 Å². The fraction of sp³-hybridized carbons (Fsp3) is 0.342. The molecule has 2 heterocycles. The van der Waals surface area contributed by atoms with Gasteiger partial charge in [0.1, 0.15) is 17.3 Å². The van der Waals surface area contributed by atoms with Gasteiger partial charge in [0, 0.05) is 43.7 Å². The number of fused-ring (bicyclic) bond motifs is 4. The molecule has 1 fully saturated rings. The molecule has 0 spiro atoms. The van der Waals surface area contributed by atoms with Crippen LogP contribution in [0.3, 0.4) is 0 Å². The van der Waals surface area contributed by atoms with E-state index in [1.165, 1.54) is 19.3 Å². The van der Waals surface area contributed by atoms with Crippen molar-refractivity contribution in [3.63, 3.8) is 0 Å². The molecule has 3 aliphatic rings. The molecule has 1 aliphatic carbocycles. The smallest absolute Gasteiger partial charge is 0.153 e. The number of aryl methyl sites for hydroxylation is 2.